The predicted molar refractivity (Wildman–Crippen MR) is 70.2 cm³/mol. The molecular weight excluding hydrogens is 271 g/mol. The highest BCUT2D eigenvalue weighted by Gasteiger charge is 2.31. The zero-order valence-corrected chi connectivity index (χ0v) is 12.0. The summed E-state index contributed by atoms with van der Waals surface area (Å²) in [6, 6.07) is 2.16. The standard InChI is InChI=1S/C13H19F3N3O/c1-10(20)18(7-8-19(2,3)4)12-6-5-11(9-17-12)13(14,15)16/h5-6,9H,7-8H2,1-4H3/q+1. The summed E-state index contributed by atoms with van der Waals surface area (Å²) in [5.41, 5.74) is -0.823. The van der Waals surface area contributed by atoms with Crippen molar-refractivity contribution in [3.8, 4) is 0 Å². The fourth-order valence-electron chi connectivity index (χ4n) is 1.55. The topological polar surface area (TPSA) is 33.2 Å². The molecule has 0 atom stereocenters. The molecule has 112 valence electrons. The Morgan fingerprint density at radius 3 is 2.25 bits per heavy atom. The number of hydrogen-bond donors (Lipinski definition) is 0. The first-order valence-corrected chi connectivity index (χ1v) is 6.12. The summed E-state index contributed by atoms with van der Waals surface area (Å²) in [5, 5.41) is 0. The van der Waals surface area contributed by atoms with Crippen LogP contribution < -0.4 is 4.90 Å². The van der Waals surface area contributed by atoms with Crippen molar-refractivity contribution in [3.63, 3.8) is 0 Å². The van der Waals surface area contributed by atoms with Crippen LogP contribution in [0.1, 0.15) is 12.5 Å². The van der Waals surface area contributed by atoms with Crippen LogP contribution in [0, 0.1) is 0 Å². The molecule has 0 spiro atoms. The number of nitrogens with zero attached hydrogens (tertiary/aromatic N) is 3. The first kappa shape index (κ1) is 16.4. The number of aromatic nitrogens is 1. The molecule has 0 radical (unpaired) electrons. The third-order valence-electron chi connectivity index (χ3n) is 2.73. The van der Waals surface area contributed by atoms with E-state index in [2.05, 4.69) is 4.98 Å². The first-order chi connectivity index (χ1) is 9.00. The molecule has 0 fully saturated rings. The van der Waals surface area contributed by atoms with E-state index in [0.29, 0.717) is 17.6 Å². The average molecular weight is 290 g/mol. The van der Waals surface area contributed by atoms with E-state index in [1.54, 1.807) is 0 Å². The first-order valence-electron chi connectivity index (χ1n) is 6.12. The van der Waals surface area contributed by atoms with Crippen molar-refractivity contribution in [2.45, 2.75) is 13.1 Å². The number of alkyl halides is 3. The molecule has 1 aromatic heterocycles. The molecule has 0 saturated carbocycles. The Labute approximate surface area is 116 Å². The number of pyridine rings is 1. The van der Waals surface area contributed by atoms with Crippen LogP contribution in [-0.2, 0) is 11.0 Å². The van der Waals surface area contributed by atoms with Gasteiger partial charge in [0.2, 0.25) is 5.91 Å². The second-order valence-corrected chi connectivity index (χ2v) is 5.59. The molecule has 0 saturated heterocycles. The van der Waals surface area contributed by atoms with E-state index in [-0.39, 0.29) is 11.7 Å². The van der Waals surface area contributed by atoms with Gasteiger partial charge >= 0.3 is 6.18 Å². The molecule has 0 N–H and O–H groups in total. The molecule has 0 aromatic carbocycles. The molecule has 4 nitrogen and oxygen atoms in total. The summed E-state index contributed by atoms with van der Waals surface area (Å²) in [6.07, 6.45) is -3.67. The van der Waals surface area contributed by atoms with Gasteiger partial charge in [0.1, 0.15) is 5.82 Å². The van der Waals surface area contributed by atoms with Crippen molar-refractivity contribution >= 4 is 11.7 Å². The zero-order valence-electron chi connectivity index (χ0n) is 12.0. The van der Waals surface area contributed by atoms with Gasteiger partial charge < -0.3 is 4.48 Å². The van der Waals surface area contributed by atoms with Crippen molar-refractivity contribution < 1.29 is 22.4 Å². The van der Waals surface area contributed by atoms with Gasteiger partial charge in [0, 0.05) is 13.1 Å². The summed E-state index contributed by atoms with van der Waals surface area (Å²) >= 11 is 0. The van der Waals surface area contributed by atoms with Crippen LogP contribution in [-0.4, -0.2) is 49.6 Å². The van der Waals surface area contributed by atoms with Crippen LogP contribution in [0.3, 0.4) is 0 Å². The number of hydrogen-bond acceptors (Lipinski definition) is 2. The maximum Gasteiger partial charge on any atom is 0.417 e. The molecule has 0 bridgehead atoms. The Kier molecular flexibility index (Phi) is 4.75. The van der Waals surface area contributed by atoms with Crippen molar-refractivity contribution in [1.82, 2.24) is 4.98 Å². The highest BCUT2D eigenvalue weighted by Crippen LogP contribution is 2.29. The van der Waals surface area contributed by atoms with Crippen LogP contribution in [0.4, 0.5) is 19.0 Å². The number of halogens is 3. The fourth-order valence-corrected chi connectivity index (χ4v) is 1.55. The van der Waals surface area contributed by atoms with Crippen LogP contribution in [0.2, 0.25) is 0 Å². The maximum absolute atomic E-state index is 12.5. The van der Waals surface area contributed by atoms with E-state index < -0.39 is 11.7 Å². The second-order valence-electron chi connectivity index (χ2n) is 5.59. The van der Waals surface area contributed by atoms with Gasteiger partial charge in [0.05, 0.1) is 39.8 Å². The van der Waals surface area contributed by atoms with Crippen molar-refractivity contribution in [3.05, 3.63) is 23.9 Å². The van der Waals surface area contributed by atoms with Gasteiger partial charge in [-0.05, 0) is 12.1 Å². The van der Waals surface area contributed by atoms with Gasteiger partial charge in [-0.2, -0.15) is 13.2 Å². The number of carbonyl (C=O) groups excluding carboxylic acids is 1. The number of carbonyl (C=O) groups is 1. The number of amides is 1. The third-order valence-corrected chi connectivity index (χ3v) is 2.73. The van der Waals surface area contributed by atoms with E-state index in [1.807, 2.05) is 21.1 Å². The largest absolute Gasteiger partial charge is 0.417 e. The Morgan fingerprint density at radius 1 is 1.30 bits per heavy atom. The van der Waals surface area contributed by atoms with E-state index >= 15 is 0 Å². The average Bonchev–Trinajstić information content (AvgIpc) is 2.26. The summed E-state index contributed by atoms with van der Waals surface area (Å²) in [6.45, 7) is 2.44. The molecule has 0 aliphatic carbocycles. The van der Waals surface area contributed by atoms with E-state index in [9.17, 15) is 18.0 Å². The molecule has 1 amide bonds. The maximum atomic E-state index is 12.5. The molecular formula is C13H19F3N3O+. The van der Waals surface area contributed by atoms with E-state index in [1.165, 1.54) is 17.9 Å². The molecule has 0 aliphatic rings. The number of anilines is 1. The number of quaternary nitrogens is 1. The highest BCUT2D eigenvalue weighted by molar-refractivity contribution is 5.90. The monoisotopic (exact) mass is 290 g/mol. The Morgan fingerprint density at radius 2 is 1.90 bits per heavy atom. The van der Waals surface area contributed by atoms with Gasteiger partial charge in [-0.15, -0.1) is 0 Å². The van der Waals surface area contributed by atoms with Crippen LogP contribution in [0.15, 0.2) is 18.3 Å². The minimum atomic E-state index is -4.42. The van der Waals surface area contributed by atoms with Crippen LogP contribution in [0.5, 0.6) is 0 Å². The minimum Gasteiger partial charge on any atom is -0.329 e. The molecule has 1 heterocycles. The predicted octanol–water partition coefficient (Wildman–Crippen LogP) is 2.16. The van der Waals surface area contributed by atoms with Crippen molar-refractivity contribution in [1.29, 1.82) is 0 Å². The van der Waals surface area contributed by atoms with Gasteiger partial charge in [-0.3, -0.25) is 9.69 Å². The molecule has 0 aliphatic heterocycles. The molecule has 7 heteroatoms. The highest BCUT2D eigenvalue weighted by atomic mass is 19.4. The second kappa shape index (κ2) is 5.78. The summed E-state index contributed by atoms with van der Waals surface area (Å²) < 4.78 is 38.0. The minimum absolute atomic E-state index is 0.235. The van der Waals surface area contributed by atoms with E-state index in [0.717, 1.165) is 12.3 Å². The third kappa shape index (κ3) is 4.80. The summed E-state index contributed by atoms with van der Waals surface area (Å²) in [5.74, 6) is -0.00958. The summed E-state index contributed by atoms with van der Waals surface area (Å²) in [7, 11) is 5.91. The van der Waals surface area contributed by atoms with Crippen LogP contribution >= 0.6 is 0 Å². The van der Waals surface area contributed by atoms with Crippen LogP contribution in [0.25, 0.3) is 0 Å². The van der Waals surface area contributed by atoms with Crippen molar-refractivity contribution in [2.24, 2.45) is 0 Å². The summed E-state index contributed by atoms with van der Waals surface area (Å²) in [4.78, 5) is 16.7. The van der Waals surface area contributed by atoms with Gasteiger partial charge in [-0.25, -0.2) is 4.98 Å². The Bertz CT molecular complexity index is 463. The van der Waals surface area contributed by atoms with Gasteiger partial charge in [0.15, 0.2) is 0 Å². The Balaban J connectivity index is 2.91. The lowest BCUT2D eigenvalue weighted by Crippen LogP contribution is -2.43. The number of likely N-dealkylation sites (N-methyl/N-ethyl adjacent to an activating group) is 1. The normalized spacial score (nSPS) is 12.3. The van der Waals surface area contributed by atoms with Gasteiger partial charge in [0.25, 0.3) is 0 Å². The lowest BCUT2D eigenvalue weighted by molar-refractivity contribution is -0.868. The zero-order chi connectivity index (χ0) is 15.6. The fraction of sp³-hybridized carbons (Fsp3) is 0.538. The van der Waals surface area contributed by atoms with Gasteiger partial charge in [-0.1, -0.05) is 0 Å². The Hall–Kier alpha value is -1.63. The quantitative estimate of drug-likeness (QED) is 0.796. The molecule has 1 rings (SSSR count). The van der Waals surface area contributed by atoms with Crippen molar-refractivity contribution in [2.75, 3.05) is 39.1 Å². The molecule has 1 aromatic rings. The lowest BCUT2D eigenvalue weighted by Gasteiger charge is -2.28. The SMILES string of the molecule is CC(=O)N(CC[N+](C)(C)C)c1ccc(C(F)(F)F)cn1. The number of rotatable bonds is 4. The molecule has 20 heavy (non-hydrogen) atoms. The lowest BCUT2D eigenvalue weighted by atomic mass is 10.2. The smallest absolute Gasteiger partial charge is 0.329 e. The molecule has 0 unspecified atom stereocenters. The van der Waals surface area contributed by atoms with E-state index in [4.69, 9.17) is 0 Å².